The number of para-hydroxylation sites is 1. The highest BCUT2D eigenvalue weighted by Gasteiger charge is 2.07. The van der Waals surface area contributed by atoms with Crippen molar-refractivity contribution in [3.05, 3.63) is 35.5 Å². The van der Waals surface area contributed by atoms with Gasteiger partial charge in [0.25, 0.3) is 0 Å². The third kappa shape index (κ3) is 2.79. The molecule has 0 spiro atoms. The van der Waals surface area contributed by atoms with Crippen LogP contribution >= 0.6 is 11.8 Å². The molecule has 17 heavy (non-hydrogen) atoms. The molecule has 1 aromatic carbocycles. The van der Waals surface area contributed by atoms with Gasteiger partial charge < -0.3 is 10.3 Å². The van der Waals surface area contributed by atoms with Crippen molar-refractivity contribution in [2.24, 2.45) is 0 Å². The highest BCUT2D eigenvalue weighted by Crippen LogP contribution is 2.29. The van der Waals surface area contributed by atoms with Gasteiger partial charge in [-0.1, -0.05) is 24.2 Å². The topological polar surface area (TPSA) is 64.9 Å². The van der Waals surface area contributed by atoms with Crippen LogP contribution in [0.3, 0.4) is 0 Å². The molecule has 0 aliphatic rings. The third-order valence-electron chi connectivity index (χ3n) is 2.45. The number of aryl methyl sites for hydroxylation is 2. The Kier molecular flexibility index (Phi) is 3.68. The zero-order valence-corrected chi connectivity index (χ0v) is 10.8. The lowest BCUT2D eigenvalue weighted by Gasteiger charge is -2.05. The summed E-state index contributed by atoms with van der Waals surface area (Å²) in [5.41, 5.74) is 7.92. The molecule has 90 valence electrons. The first-order chi connectivity index (χ1) is 8.20. The Balaban J connectivity index is 2.04. The molecule has 5 heteroatoms. The Morgan fingerprint density at radius 3 is 2.94 bits per heavy atom. The van der Waals surface area contributed by atoms with Gasteiger partial charge in [-0.15, -0.1) is 11.8 Å². The van der Waals surface area contributed by atoms with Crippen molar-refractivity contribution < 1.29 is 4.52 Å². The fourth-order valence-corrected chi connectivity index (χ4v) is 2.31. The van der Waals surface area contributed by atoms with Crippen molar-refractivity contribution in [1.29, 1.82) is 0 Å². The van der Waals surface area contributed by atoms with Gasteiger partial charge in [0.15, 0.2) is 5.82 Å². The first-order valence-corrected chi connectivity index (χ1v) is 6.48. The summed E-state index contributed by atoms with van der Waals surface area (Å²) in [5.74, 6) is 2.07. The number of thioether (sulfide) groups is 1. The van der Waals surface area contributed by atoms with Crippen molar-refractivity contribution in [2.45, 2.75) is 30.9 Å². The monoisotopic (exact) mass is 249 g/mol. The quantitative estimate of drug-likeness (QED) is 0.666. The maximum absolute atomic E-state index is 5.99. The van der Waals surface area contributed by atoms with Crippen LogP contribution in [0.4, 0.5) is 5.69 Å². The highest BCUT2D eigenvalue weighted by molar-refractivity contribution is 7.98. The van der Waals surface area contributed by atoms with E-state index in [1.165, 1.54) is 0 Å². The molecule has 0 fully saturated rings. The van der Waals surface area contributed by atoms with Gasteiger partial charge in [-0.2, -0.15) is 4.98 Å². The van der Waals surface area contributed by atoms with E-state index in [0.717, 1.165) is 22.6 Å². The van der Waals surface area contributed by atoms with Gasteiger partial charge in [0.1, 0.15) is 0 Å². The van der Waals surface area contributed by atoms with Crippen molar-refractivity contribution >= 4 is 17.4 Å². The lowest BCUT2D eigenvalue weighted by Crippen LogP contribution is -1.93. The molecule has 4 nitrogen and oxygen atoms in total. The zero-order valence-electron chi connectivity index (χ0n) is 9.93. The molecule has 0 saturated carbocycles. The van der Waals surface area contributed by atoms with Gasteiger partial charge in [0, 0.05) is 17.0 Å². The second-order valence-corrected chi connectivity index (χ2v) is 4.75. The minimum Gasteiger partial charge on any atom is -0.398 e. The Hall–Kier alpha value is -1.49. The number of nitrogens with two attached hydrogens (primary N) is 1. The number of nitrogens with zero attached hydrogens (tertiary/aromatic N) is 2. The third-order valence-corrected chi connectivity index (χ3v) is 3.52. The van der Waals surface area contributed by atoms with Gasteiger partial charge in [-0.05, 0) is 18.6 Å². The van der Waals surface area contributed by atoms with E-state index >= 15 is 0 Å². The van der Waals surface area contributed by atoms with Crippen LogP contribution in [0.1, 0.15) is 24.2 Å². The molecule has 0 atom stereocenters. The summed E-state index contributed by atoms with van der Waals surface area (Å²) >= 11 is 1.63. The number of anilines is 1. The van der Waals surface area contributed by atoms with E-state index in [-0.39, 0.29) is 0 Å². The molecular formula is C12H15N3OS. The minimum atomic E-state index is 0.678. The van der Waals surface area contributed by atoms with Gasteiger partial charge in [-0.3, -0.25) is 0 Å². The normalized spacial score (nSPS) is 10.7. The van der Waals surface area contributed by atoms with E-state index in [1.807, 2.05) is 32.0 Å². The summed E-state index contributed by atoms with van der Waals surface area (Å²) in [4.78, 5) is 5.32. The standard InChI is InChI=1S/C12H15N3OS/c1-3-11-14-10(15-16-11)7-17-9-6-4-5-8(2)12(9)13/h4-6H,3,7,13H2,1-2H3. The van der Waals surface area contributed by atoms with E-state index in [1.54, 1.807) is 11.8 Å². The minimum absolute atomic E-state index is 0.678. The van der Waals surface area contributed by atoms with Crippen LogP contribution in [0.5, 0.6) is 0 Å². The van der Waals surface area contributed by atoms with Gasteiger partial charge in [0.2, 0.25) is 5.89 Å². The highest BCUT2D eigenvalue weighted by atomic mass is 32.2. The Bertz CT molecular complexity index is 510. The SMILES string of the molecule is CCc1nc(CSc2cccc(C)c2N)no1. The van der Waals surface area contributed by atoms with E-state index in [9.17, 15) is 0 Å². The van der Waals surface area contributed by atoms with Crippen LogP contribution in [-0.2, 0) is 12.2 Å². The average molecular weight is 249 g/mol. The van der Waals surface area contributed by atoms with Crippen molar-refractivity contribution in [1.82, 2.24) is 10.1 Å². The Morgan fingerprint density at radius 1 is 1.41 bits per heavy atom. The molecule has 2 aromatic rings. The smallest absolute Gasteiger partial charge is 0.226 e. The van der Waals surface area contributed by atoms with Crippen molar-refractivity contribution in [3.8, 4) is 0 Å². The summed E-state index contributed by atoms with van der Waals surface area (Å²) < 4.78 is 5.05. The lowest BCUT2D eigenvalue weighted by atomic mass is 10.2. The molecule has 2 rings (SSSR count). The molecule has 0 aliphatic carbocycles. The number of nitrogen functional groups attached to an aromatic ring is 1. The van der Waals surface area contributed by atoms with Gasteiger partial charge >= 0.3 is 0 Å². The summed E-state index contributed by atoms with van der Waals surface area (Å²) in [6, 6.07) is 6.01. The van der Waals surface area contributed by atoms with E-state index in [0.29, 0.717) is 17.5 Å². The fourth-order valence-electron chi connectivity index (χ4n) is 1.41. The molecule has 0 aliphatic heterocycles. The predicted octanol–water partition coefficient (Wildman–Crippen LogP) is 2.81. The molecule has 0 radical (unpaired) electrons. The Labute approximate surface area is 105 Å². The van der Waals surface area contributed by atoms with E-state index in [2.05, 4.69) is 10.1 Å². The first kappa shape index (κ1) is 12.0. The zero-order chi connectivity index (χ0) is 12.3. The summed E-state index contributed by atoms with van der Waals surface area (Å²) in [6.07, 6.45) is 0.768. The van der Waals surface area contributed by atoms with Crippen LogP contribution in [0.15, 0.2) is 27.6 Å². The number of aromatic nitrogens is 2. The summed E-state index contributed by atoms with van der Waals surface area (Å²) in [5, 5.41) is 3.91. The molecule has 0 amide bonds. The maximum Gasteiger partial charge on any atom is 0.226 e. The number of benzene rings is 1. The van der Waals surface area contributed by atoms with Crippen molar-refractivity contribution in [2.75, 3.05) is 5.73 Å². The van der Waals surface area contributed by atoms with Crippen LogP contribution in [0, 0.1) is 6.92 Å². The fraction of sp³-hybridized carbons (Fsp3) is 0.333. The molecule has 0 bridgehead atoms. The molecule has 0 saturated heterocycles. The maximum atomic E-state index is 5.99. The molecule has 0 unspecified atom stereocenters. The number of hydrogen-bond donors (Lipinski definition) is 1. The van der Waals surface area contributed by atoms with Gasteiger partial charge in [-0.25, -0.2) is 0 Å². The Morgan fingerprint density at radius 2 is 2.24 bits per heavy atom. The van der Waals surface area contributed by atoms with Crippen LogP contribution in [0.25, 0.3) is 0 Å². The second-order valence-electron chi connectivity index (χ2n) is 3.73. The number of rotatable bonds is 4. The first-order valence-electron chi connectivity index (χ1n) is 5.50. The molecular weight excluding hydrogens is 234 g/mol. The summed E-state index contributed by atoms with van der Waals surface area (Å²) in [7, 11) is 0. The average Bonchev–Trinajstić information content (AvgIpc) is 2.79. The van der Waals surface area contributed by atoms with Gasteiger partial charge in [0.05, 0.1) is 5.75 Å². The van der Waals surface area contributed by atoms with Crippen LogP contribution < -0.4 is 5.73 Å². The molecule has 1 aromatic heterocycles. The lowest BCUT2D eigenvalue weighted by molar-refractivity contribution is 0.378. The summed E-state index contributed by atoms with van der Waals surface area (Å²) in [6.45, 7) is 3.99. The van der Waals surface area contributed by atoms with Crippen LogP contribution in [-0.4, -0.2) is 10.1 Å². The number of hydrogen-bond acceptors (Lipinski definition) is 5. The van der Waals surface area contributed by atoms with E-state index < -0.39 is 0 Å². The molecule has 1 heterocycles. The van der Waals surface area contributed by atoms with E-state index in [4.69, 9.17) is 10.3 Å². The predicted molar refractivity (Wildman–Crippen MR) is 68.8 cm³/mol. The largest absolute Gasteiger partial charge is 0.398 e. The molecule has 2 N–H and O–H groups in total. The van der Waals surface area contributed by atoms with Crippen molar-refractivity contribution in [3.63, 3.8) is 0 Å². The van der Waals surface area contributed by atoms with Crippen LogP contribution in [0.2, 0.25) is 0 Å². The second kappa shape index (κ2) is 5.23.